The Morgan fingerprint density at radius 2 is 0.806 bits per heavy atom. The largest absolute Gasteiger partial charge is 0.122 e. The summed E-state index contributed by atoms with van der Waals surface area (Å²) in [5, 5.41) is 0.0407. The summed E-state index contributed by atoms with van der Waals surface area (Å²) in [6.07, 6.45) is 22.5. The maximum Gasteiger partial charge on any atom is 0.0344 e. The van der Waals surface area contributed by atoms with Crippen LogP contribution >= 0.6 is 9.24 Å². The summed E-state index contributed by atoms with van der Waals surface area (Å²) in [7, 11) is 3.19. The van der Waals surface area contributed by atoms with Gasteiger partial charge in [-0.2, -0.15) is 0 Å². The lowest BCUT2D eigenvalue weighted by Gasteiger charge is -2.31. The Labute approximate surface area is 195 Å². The minimum atomic E-state index is 0.0407. The highest BCUT2D eigenvalue weighted by molar-refractivity contribution is 7.19. The van der Waals surface area contributed by atoms with E-state index in [4.69, 9.17) is 0 Å². The van der Waals surface area contributed by atoms with Gasteiger partial charge < -0.3 is 0 Å². The van der Waals surface area contributed by atoms with Gasteiger partial charge in [-0.1, -0.05) is 164 Å². The Morgan fingerprint density at radius 3 is 1.16 bits per heavy atom. The minimum absolute atomic E-state index is 0.0407. The van der Waals surface area contributed by atoms with E-state index in [-0.39, 0.29) is 5.16 Å². The molecule has 0 saturated carbocycles. The van der Waals surface area contributed by atoms with Gasteiger partial charge >= 0.3 is 0 Å². The minimum Gasteiger partial charge on any atom is -0.122 e. The lowest BCUT2D eigenvalue weighted by Crippen LogP contribution is -2.19. The first kappa shape index (κ1) is 26.1. The van der Waals surface area contributed by atoms with Crippen molar-refractivity contribution in [3.63, 3.8) is 0 Å². The molecule has 1 unspecified atom stereocenters. The van der Waals surface area contributed by atoms with Crippen LogP contribution in [0.15, 0.2) is 60.7 Å². The summed E-state index contributed by atoms with van der Waals surface area (Å²) >= 11 is 0. The smallest absolute Gasteiger partial charge is 0.0344 e. The van der Waals surface area contributed by atoms with Crippen LogP contribution in [0.25, 0.3) is 0 Å². The first-order valence-corrected chi connectivity index (χ1v) is 13.7. The molecule has 0 bridgehead atoms. The lowest BCUT2D eigenvalue weighted by atomic mass is 9.85. The van der Waals surface area contributed by atoms with E-state index in [2.05, 4.69) is 76.8 Å². The molecule has 1 heteroatoms. The van der Waals surface area contributed by atoms with Crippen LogP contribution < -0.4 is 0 Å². The fourth-order valence-electron chi connectivity index (χ4n) is 4.70. The molecule has 0 amide bonds. The zero-order chi connectivity index (χ0) is 22.0. The van der Waals surface area contributed by atoms with Gasteiger partial charge in [0.25, 0.3) is 0 Å². The molecule has 2 rings (SSSR count). The molecule has 1 atom stereocenters. The van der Waals surface area contributed by atoms with Gasteiger partial charge in [0, 0.05) is 5.16 Å². The van der Waals surface area contributed by atoms with E-state index >= 15 is 0 Å². The third-order valence-corrected chi connectivity index (χ3v) is 7.71. The molecule has 0 saturated heterocycles. The van der Waals surface area contributed by atoms with Crippen LogP contribution in [0.1, 0.15) is 121 Å². The fourth-order valence-corrected chi connectivity index (χ4v) is 5.29. The molecule has 0 aliphatic heterocycles. The molecular formula is C30H47P. The predicted octanol–water partition coefficient (Wildman–Crippen LogP) is 10.1. The highest BCUT2D eigenvalue weighted by atomic mass is 31.0. The Morgan fingerprint density at radius 1 is 0.484 bits per heavy atom. The second kappa shape index (κ2) is 16.5. The third kappa shape index (κ3) is 10.4. The first-order chi connectivity index (χ1) is 15.3. The average Bonchev–Trinajstić information content (AvgIpc) is 2.82. The summed E-state index contributed by atoms with van der Waals surface area (Å²) in [6, 6.07) is 22.0. The zero-order valence-electron chi connectivity index (χ0n) is 20.2. The standard InChI is InChI=1S/C30H47P/c1-2-3-4-5-6-7-8-9-10-11-12-13-14-15-22-27-30(31,28-23-18-16-19-24-28)29-25-20-17-21-26-29/h16-21,23-26H,2-15,22,27,31H2,1H3. The molecule has 2 aromatic carbocycles. The van der Waals surface area contributed by atoms with Crippen molar-refractivity contribution in [1.29, 1.82) is 0 Å². The fraction of sp³-hybridized carbons (Fsp3) is 0.600. The van der Waals surface area contributed by atoms with Crippen LogP contribution in [0.3, 0.4) is 0 Å². The summed E-state index contributed by atoms with van der Waals surface area (Å²) in [6.45, 7) is 2.30. The van der Waals surface area contributed by atoms with Crippen molar-refractivity contribution in [1.82, 2.24) is 0 Å². The predicted molar refractivity (Wildman–Crippen MR) is 143 cm³/mol. The second-order valence-electron chi connectivity index (χ2n) is 9.40. The van der Waals surface area contributed by atoms with Gasteiger partial charge in [-0.15, -0.1) is 9.24 Å². The van der Waals surface area contributed by atoms with Gasteiger partial charge in [-0.3, -0.25) is 0 Å². The van der Waals surface area contributed by atoms with Crippen molar-refractivity contribution < 1.29 is 0 Å². The maximum absolute atomic E-state index is 3.19. The van der Waals surface area contributed by atoms with Crippen molar-refractivity contribution in [3.05, 3.63) is 71.8 Å². The topological polar surface area (TPSA) is 0 Å². The number of hydrogen-bond acceptors (Lipinski definition) is 0. The van der Waals surface area contributed by atoms with Crippen molar-refractivity contribution in [2.24, 2.45) is 0 Å². The van der Waals surface area contributed by atoms with Crippen molar-refractivity contribution in [2.75, 3.05) is 0 Å². The molecule has 0 heterocycles. The van der Waals surface area contributed by atoms with Crippen LogP contribution in [-0.4, -0.2) is 0 Å². The first-order valence-electron chi connectivity index (χ1n) is 13.2. The van der Waals surface area contributed by atoms with Crippen molar-refractivity contribution >= 4 is 9.24 Å². The molecule has 0 fully saturated rings. The molecular weight excluding hydrogens is 391 g/mol. The van der Waals surface area contributed by atoms with E-state index in [1.165, 1.54) is 114 Å². The van der Waals surface area contributed by atoms with Gasteiger partial charge in [-0.25, -0.2) is 0 Å². The van der Waals surface area contributed by atoms with Crippen LogP contribution in [0.5, 0.6) is 0 Å². The van der Waals surface area contributed by atoms with Gasteiger partial charge in [0.15, 0.2) is 0 Å². The molecule has 0 N–H and O–H groups in total. The molecule has 0 aliphatic rings. The van der Waals surface area contributed by atoms with Crippen molar-refractivity contribution in [2.45, 2.75) is 115 Å². The summed E-state index contributed by atoms with van der Waals surface area (Å²) < 4.78 is 0. The Hall–Kier alpha value is -1.13. The molecule has 0 nitrogen and oxygen atoms in total. The van der Waals surface area contributed by atoms with E-state index < -0.39 is 0 Å². The normalized spacial score (nSPS) is 11.7. The van der Waals surface area contributed by atoms with Gasteiger partial charge in [0.2, 0.25) is 0 Å². The van der Waals surface area contributed by atoms with E-state index in [1.807, 2.05) is 0 Å². The maximum atomic E-state index is 3.19. The SMILES string of the molecule is CCCCCCCCCCCCCCCCCC(P)(c1ccccc1)c1ccccc1. The highest BCUT2D eigenvalue weighted by Crippen LogP contribution is 2.43. The molecule has 0 aliphatic carbocycles. The van der Waals surface area contributed by atoms with E-state index in [0.29, 0.717) is 0 Å². The summed E-state index contributed by atoms with van der Waals surface area (Å²) in [5.41, 5.74) is 2.83. The number of hydrogen-bond donors (Lipinski definition) is 0. The molecule has 0 radical (unpaired) electrons. The lowest BCUT2D eigenvalue weighted by molar-refractivity contribution is 0.520. The monoisotopic (exact) mass is 438 g/mol. The average molecular weight is 439 g/mol. The zero-order valence-corrected chi connectivity index (χ0v) is 21.3. The Kier molecular flexibility index (Phi) is 13.9. The Bertz CT molecular complexity index is 609. The van der Waals surface area contributed by atoms with E-state index in [9.17, 15) is 0 Å². The molecule has 172 valence electrons. The van der Waals surface area contributed by atoms with Gasteiger partial charge in [-0.05, 0) is 17.5 Å². The number of rotatable bonds is 18. The van der Waals surface area contributed by atoms with E-state index in [1.54, 1.807) is 0 Å². The molecule has 0 spiro atoms. The summed E-state index contributed by atoms with van der Waals surface area (Å²) in [5.74, 6) is 0. The van der Waals surface area contributed by atoms with Crippen LogP contribution in [-0.2, 0) is 5.16 Å². The second-order valence-corrected chi connectivity index (χ2v) is 10.4. The van der Waals surface area contributed by atoms with E-state index in [0.717, 1.165) is 0 Å². The van der Waals surface area contributed by atoms with Crippen LogP contribution in [0.2, 0.25) is 0 Å². The van der Waals surface area contributed by atoms with Crippen molar-refractivity contribution in [3.8, 4) is 0 Å². The molecule has 0 aromatic heterocycles. The highest BCUT2D eigenvalue weighted by Gasteiger charge is 2.28. The number of benzene rings is 2. The Balaban J connectivity index is 1.56. The van der Waals surface area contributed by atoms with Gasteiger partial charge in [0.05, 0.1) is 0 Å². The third-order valence-electron chi connectivity index (χ3n) is 6.75. The van der Waals surface area contributed by atoms with Gasteiger partial charge in [0.1, 0.15) is 0 Å². The quantitative estimate of drug-likeness (QED) is 0.160. The molecule has 31 heavy (non-hydrogen) atoms. The van der Waals surface area contributed by atoms with Crippen LogP contribution in [0.4, 0.5) is 0 Å². The molecule has 2 aromatic rings. The number of unbranched alkanes of at least 4 members (excludes halogenated alkanes) is 14. The summed E-state index contributed by atoms with van der Waals surface area (Å²) in [4.78, 5) is 0. The van der Waals surface area contributed by atoms with Crippen LogP contribution in [0, 0.1) is 0 Å².